The van der Waals surface area contributed by atoms with Crippen LogP contribution in [-0.2, 0) is 0 Å². The maximum atomic E-state index is 8.99. The Morgan fingerprint density at radius 3 is 2.17 bits per heavy atom. The Bertz CT molecular complexity index is 1000. The summed E-state index contributed by atoms with van der Waals surface area (Å²) in [7, 11) is 0. The van der Waals surface area contributed by atoms with Crippen molar-refractivity contribution in [2.45, 2.75) is 0 Å². The van der Waals surface area contributed by atoms with Gasteiger partial charge < -0.3 is 4.57 Å². The zero-order valence-corrected chi connectivity index (χ0v) is 12.5. The molecule has 2 heteroatoms. The fourth-order valence-electron chi connectivity index (χ4n) is 2.94. The fourth-order valence-corrected chi connectivity index (χ4v) is 2.94. The van der Waals surface area contributed by atoms with Gasteiger partial charge >= 0.3 is 0 Å². The first-order valence-corrected chi connectivity index (χ1v) is 7.53. The average molecular weight is 294 g/mol. The Morgan fingerprint density at radius 2 is 1.43 bits per heavy atom. The molecule has 2 nitrogen and oxygen atoms in total. The van der Waals surface area contributed by atoms with Crippen molar-refractivity contribution < 1.29 is 0 Å². The smallest absolute Gasteiger partial charge is 0.0991 e. The summed E-state index contributed by atoms with van der Waals surface area (Å²) in [5.74, 6) is 0. The molecule has 108 valence electrons. The number of benzene rings is 3. The number of hydrogen-bond donors (Lipinski definition) is 0. The summed E-state index contributed by atoms with van der Waals surface area (Å²) in [6.07, 6.45) is 0. The van der Waals surface area contributed by atoms with Crippen LogP contribution in [0.3, 0.4) is 0 Å². The molecule has 0 bridgehead atoms. The van der Waals surface area contributed by atoms with E-state index in [0.29, 0.717) is 5.56 Å². The van der Waals surface area contributed by atoms with E-state index in [9.17, 15) is 0 Å². The molecule has 0 aliphatic heterocycles. The maximum absolute atomic E-state index is 8.99. The van der Waals surface area contributed by atoms with Crippen molar-refractivity contribution in [3.63, 3.8) is 0 Å². The average Bonchev–Trinajstić information content (AvgIpc) is 3.02. The number of fused-ring (bicyclic) bond motifs is 1. The second kappa shape index (κ2) is 5.47. The third-order valence-electron chi connectivity index (χ3n) is 4.03. The van der Waals surface area contributed by atoms with Gasteiger partial charge in [0, 0.05) is 11.1 Å². The van der Waals surface area contributed by atoms with Crippen molar-refractivity contribution in [2.75, 3.05) is 0 Å². The Balaban J connectivity index is 2.00. The monoisotopic (exact) mass is 294 g/mol. The van der Waals surface area contributed by atoms with E-state index in [1.165, 1.54) is 10.9 Å². The van der Waals surface area contributed by atoms with Gasteiger partial charge in [0.15, 0.2) is 0 Å². The third-order valence-corrected chi connectivity index (χ3v) is 4.03. The summed E-state index contributed by atoms with van der Waals surface area (Å²) in [5.41, 5.74) is 5.22. The second-order valence-electron chi connectivity index (χ2n) is 5.45. The predicted molar refractivity (Wildman–Crippen MR) is 93.4 cm³/mol. The van der Waals surface area contributed by atoms with Crippen LogP contribution in [0, 0.1) is 11.3 Å². The van der Waals surface area contributed by atoms with Crippen molar-refractivity contribution in [1.82, 2.24) is 4.57 Å². The van der Waals surface area contributed by atoms with Crippen LogP contribution in [-0.4, -0.2) is 4.57 Å². The van der Waals surface area contributed by atoms with Crippen molar-refractivity contribution in [2.24, 2.45) is 0 Å². The summed E-state index contributed by atoms with van der Waals surface area (Å²) in [4.78, 5) is 0. The molecule has 3 aromatic carbocycles. The van der Waals surface area contributed by atoms with Gasteiger partial charge in [-0.3, -0.25) is 0 Å². The fraction of sp³-hybridized carbons (Fsp3) is 0. The summed E-state index contributed by atoms with van der Waals surface area (Å²) in [6.45, 7) is 0. The van der Waals surface area contributed by atoms with Crippen LogP contribution >= 0.6 is 0 Å². The summed E-state index contributed by atoms with van der Waals surface area (Å²) < 4.78 is 2.26. The SMILES string of the molecule is N#Cc1ccc(-c2cc3ccccc3n2-c2ccccc2)cc1. The van der Waals surface area contributed by atoms with Gasteiger partial charge in [0.2, 0.25) is 0 Å². The lowest BCUT2D eigenvalue weighted by Gasteiger charge is -2.11. The number of hydrogen-bond acceptors (Lipinski definition) is 1. The quantitative estimate of drug-likeness (QED) is 0.501. The highest BCUT2D eigenvalue weighted by molar-refractivity contribution is 5.89. The van der Waals surface area contributed by atoms with E-state index in [1.807, 2.05) is 42.5 Å². The van der Waals surface area contributed by atoms with Gasteiger partial charge in [-0.05, 0) is 42.0 Å². The van der Waals surface area contributed by atoms with Gasteiger partial charge in [0.25, 0.3) is 0 Å². The van der Waals surface area contributed by atoms with Crippen molar-refractivity contribution in [3.8, 4) is 23.0 Å². The molecule has 23 heavy (non-hydrogen) atoms. The minimum absolute atomic E-state index is 0.677. The van der Waals surface area contributed by atoms with Gasteiger partial charge in [-0.15, -0.1) is 0 Å². The molecule has 0 radical (unpaired) electrons. The first-order valence-electron chi connectivity index (χ1n) is 7.53. The molecule has 1 aromatic heterocycles. The topological polar surface area (TPSA) is 28.7 Å². The first kappa shape index (κ1) is 13.4. The molecular formula is C21H14N2. The van der Waals surface area contributed by atoms with Crippen molar-refractivity contribution >= 4 is 10.9 Å². The van der Waals surface area contributed by atoms with Crippen LogP contribution < -0.4 is 0 Å². The molecule has 0 saturated heterocycles. The van der Waals surface area contributed by atoms with Crippen LogP contribution in [0.15, 0.2) is 84.9 Å². The molecule has 0 amide bonds. The molecule has 0 aliphatic rings. The first-order chi connectivity index (χ1) is 11.4. The van der Waals surface area contributed by atoms with E-state index < -0.39 is 0 Å². The zero-order chi connectivity index (χ0) is 15.6. The van der Waals surface area contributed by atoms with E-state index >= 15 is 0 Å². The third kappa shape index (κ3) is 2.29. The number of rotatable bonds is 2. The van der Waals surface area contributed by atoms with Crippen LogP contribution in [0.4, 0.5) is 0 Å². The molecule has 0 N–H and O–H groups in total. The van der Waals surface area contributed by atoms with Crippen LogP contribution in [0.25, 0.3) is 27.8 Å². The van der Waals surface area contributed by atoms with E-state index in [-0.39, 0.29) is 0 Å². The number of aromatic nitrogens is 1. The highest BCUT2D eigenvalue weighted by atomic mass is 15.0. The Kier molecular flexibility index (Phi) is 3.18. The Hall–Kier alpha value is -3.31. The largest absolute Gasteiger partial charge is 0.309 e. The molecule has 4 aromatic rings. The van der Waals surface area contributed by atoms with E-state index in [0.717, 1.165) is 16.9 Å². The molecule has 1 heterocycles. The van der Waals surface area contributed by atoms with E-state index in [4.69, 9.17) is 5.26 Å². The Labute approximate surface area is 134 Å². The molecule has 0 saturated carbocycles. The predicted octanol–water partition coefficient (Wildman–Crippen LogP) is 5.17. The standard InChI is InChI=1S/C21H14N2/c22-15-16-10-12-17(13-11-16)21-14-18-6-4-5-9-20(18)23(21)19-7-2-1-3-8-19/h1-14H. The van der Waals surface area contributed by atoms with Gasteiger partial charge in [0.1, 0.15) is 0 Å². The van der Waals surface area contributed by atoms with Gasteiger partial charge in [-0.2, -0.15) is 5.26 Å². The van der Waals surface area contributed by atoms with Gasteiger partial charge in [-0.1, -0.05) is 48.5 Å². The molecular weight excluding hydrogens is 280 g/mol. The lowest BCUT2D eigenvalue weighted by Crippen LogP contribution is -1.96. The van der Waals surface area contributed by atoms with Crippen LogP contribution in [0.5, 0.6) is 0 Å². The molecule has 0 aliphatic carbocycles. The molecule has 0 spiro atoms. The van der Waals surface area contributed by atoms with Crippen molar-refractivity contribution in [3.05, 3.63) is 90.5 Å². The summed E-state index contributed by atoms with van der Waals surface area (Å²) in [5, 5.41) is 10.2. The highest BCUT2D eigenvalue weighted by Gasteiger charge is 2.11. The highest BCUT2D eigenvalue weighted by Crippen LogP contribution is 2.31. The van der Waals surface area contributed by atoms with E-state index in [2.05, 4.69) is 53.1 Å². The van der Waals surface area contributed by atoms with Gasteiger partial charge in [0.05, 0.1) is 22.8 Å². The minimum Gasteiger partial charge on any atom is -0.309 e. The molecule has 0 unspecified atom stereocenters. The molecule has 4 rings (SSSR count). The van der Waals surface area contributed by atoms with E-state index in [1.54, 1.807) is 0 Å². The number of nitriles is 1. The van der Waals surface area contributed by atoms with Crippen LogP contribution in [0.2, 0.25) is 0 Å². The minimum atomic E-state index is 0.677. The lowest BCUT2D eigenvalue weighted by atomic mass is 10.1. The second-order valence-corrected chi connectivity index (χ2v) is 5.45. The molecule has 0 atom stereocenters. The summed E-state index contributed by atoms with van der Waals surface area (Å²) >= 11 is 0. The Morgan fingerprint density at radius 1 is 0.739 bits per heavy atom. The lowest BCUT2D eigenvalue weighted by molar-refractivity contribution is 1.13. The number of nitrogens with zero attached hydrogens (tertiary/aromatic N) is 2. The van der Waals surface area contributed by atoms with Crippen LogP contribution in [0.1, 0.15) is 5.56 Å². The van der Waals surface area contributed by atoms with Crippen molar-refractivity contribution in [1.29, 1.82) is 5.26 Å². The zero-order valence-electron chi connectivity index (χ0n) is 12.5. The normalized spacial score (nSPS) is 10.6. The van der Waals surface area contributed by atoms with Gasteiger partial charge in [-0.25, -0.2) is 0 Å². The number of para-hydroxylation sites is 2. The maximum Gasteiger partial charge on any atom is 0.0991 e. The summed E-state index contributed by atoms with van der Waals surface area (Å²) in [6, 6.07) is 30.8. The molecule has 0 fully saturated rings.